The summed E-state index contributed by atoms with van der Waals surface area (Å²) in [6, 6.07) is 3.53. The summed E-state index contributed by atoms with van der Waals surface area (Å²) in [7, 11) is 0. The van der Waals surface area contributed by atoms with Crippen LogP contribution in [0.5, 0.6) is 0 Å². The van der Waals surface area contributed by atoms with Gasteiger partial charge in [-0.2, -0.15) is 0 Å². The Morgan fingerprint density at radius 2 is 1.86 bits per heavy atom. The lowest BCUT2D eigenvalue weighted by atomic mass is 10.00. The van der Waals surface area contributed by atoms with Crippen molar-refractivity contribution in [3.63, 3.8) is 0 Å². The average Bonchev–Trinajstić information content (AvgIpc) is 2.73. The number of urea groups is 1. The number of nitrogens with zero attached hydrogens (tertiary/aromatic N) is 4. The number of aryl methyl sites for hydroxylation is 1. The van der Waals surface area contributed by atoms with Crippen LogP contribution >= 0.6 is 0 Å². The third-order valence-corrected chi connectivity index (χ3v) is 5.14. The topological polar surface area (TPSA) is 102 Å². The van der Waals surface area contributed by atoms with Gasteiger partial charge in [-0.3, -0.25) is 14.7 Å². The van der Waals surface area contributed by atoms with Crippen molar-refractivity contribution >= 4 is 17.8 Å². The largest absolute Gasteiger partial charge is 0.378 e. The summed E-state index contributed by atoms with van der Waals surface area (Å²) in [4.78, 5) is 36.2. The number of morpholine rings is 1. The Kier molecular flexibility index (Phi) is 5.21. The highest BCUT2D eigenvalue weighted by atomic mass is 16.5. The zero-order chi connectivity index (χ0) is 19.5. The van der Waals surface area contributed by atoms with E-state index in [1.54, 1.807) is 18.6 Å². The van der Waals surface area contributed by atoms with Gasteiger partial charge in [0.05, 0.1) is 19.6 Å². The number of primary amides is 1. The van der Waals surface area contributed by atoms with Gasteiger partial charge < -0.3 is 15.4 Å². The Labute approximate surface area is 163 Å². The molecule has 0 radical (unpaired) electrons. The SMILES string of the molecule is NC(=O)N1CCCc2cc(-c3cncc(CC(=O)N4CCOCC4)c3)cnc21. The highest BCUT2D eigenvalue weighted by molar-refractivity contribution is 5.91. The zero-order valence-electron chi connectivity index (χ0n) is 15.6. The quantitative estimate of drug-likeness (QED) is 0.865. The van der Waals surface area contributed by atoms with Crippen LogP contribution in [0.2, 0.25) is 0 Å². The number of hydrogen-bond acceptors (Lipinski definition) is 5. The molecule has 0 unspecified atom stereocenters. The molecule has 4 rings (SSSR count). The number of hydrogen-bond donors (Lipinski definition) is 1. The molecule has 8 nitrogen and oxygen atoms in total. The molecule has 2 aliphatic heterocycles. The van der Waals surface area contributed by atoms with E-state index in [2.05, 4.69) is 9.97 Å². The van der Waals surface area contributed by atoms with Gasteiger partial charge in [0.2, 0.25) is 5.91 Å². The van der Waals surface area contributed by atoms with Crippen LogP contribution in [0.15, 0.2) is 30.7 Å². The predicted molar refractivity (Wildman–Crippen MR) is 104 cm³/mol. The molecule has 0 aromatic carbocycles. The molecule has 0 spiro atoms. The van der Waals surface area contributed by atoms with Crippen molar-refractivity contribution in [3.05, 3.63) is 41.9 Å². The molecule has 28 heavy (non-hydrogen) atoms. The minimum Gasteiger partial charge on any atom is -0.378 e. The summed E-state index contributed by atoms with van der Waals surface area (Å²) in [5.74, 6) is 0.719. The number of fused-ring (bicyclic) bond motifs is 1. The van der Waals surface area contributed by atoms with Gasteiger partial charge in [0.15, 0.2) is 0 Å². The van der Waals surface area contributed by atoms with Gasteiger partial charge in [-0.25, -0.2) is 9.78 Å². The van der Waals surface area contributed by atoms with E-state index in [1.807, 2.05) is 17.0 Å². The summed E-state index contributed by atoms with van der Waals surface area (Å²) in [6.07, 6.45) is 7.23. The summed E-state index contributed by atoms with van der Waals surface area (Å²) < 4.78 is 5.30. The van der Waals surface area contributed by atoms with Gasteiger partial charge >= 0.3 is 6.03 Å². The number of aromatic nitrogens is 2. The van der Waals surface area contributed by atoms with Crippen LogP contribution in [0.1, 0.15) is 17.5 Å². The molecule has 0 saturated carbocycles. The van der Waals surface area contributed by atoms with Gasteiger partial charge in [0.1, 0.15) is 5.82 Å². The number of ether oxygens (including phenoxy) is 1. The highest BCUT2D eigenvalue weighted by Gasteiger charge is 2.22. The standard InChI is InChI=1S/C20H23N5O3/c21-20(27)25-3-1-2-15-10-17(13-23-19(15)25)16-8-14(11-22-12-16)9-18(26)24-4-6-28-7-5-24/h8,10-13H,1-7,9H2,(H2,21,27). The predicted octanol–water partition coefficient (Wildman–Crippen LogP) is 1.38. The van der Waals surface area contributed by atoms with Crippen LogP contribution < -0.4 is 10.6 Å². The molecule has 1 fully saturated rings. The fourth-order valence-corrected chi connectivity index (χ4v) is 3.68. The van der Waals surface area contributed by atoms with E-state index in [9.17, 15) is 9.59 Å². The van der Waals surface area contributed by atoms with Crippen molar-refractivity contribution in [2.24, 2.45) is 5.73 Å². The number of anilines is 1. The van der Waals surface area contributed by atoms with Gasteiger partial charge in [-0.05, 0) is 36.1 Å². The van der Waals surface area contributed by atoms with Crippen molar-refractivity contribution in [1.29, 1.82) is 0 Å². The molecule has 8 heteroatoms. The summed E-state index contributed by atoms with van der Waals surface area (Å²) >= 11 is 0. The molecule has 2 N–H and O–H groups in total. The Morgan fingerprint density at radius 3 is 2.64 bits per heavy atom. The summed E-state index contributed by atoms with van der Waals surface area (Å²) in [5.41, 5.74) is 9.13. The third kappa shape index (κ3) is 3.82. The average molecular weight is 381 g/mol. The number of carbonyl (C=O) groups excluding carboxylic acids is 2. The lowest BCUT2D eigenvalue weighted by Crippen LogP contribution is -2.41. The van der Waals surface area contributed by atoms with Crippen molar-refractivity contribution in [2.45, 2.75) is 19.3 Å². The minimum absolute atomic E-state index is 0.0860. The normalized spacial score (nSPS) is 16.6. The first kappa shape index (κ1) is 18.4. The molecule has 4 heterocycles. The van der Waals surface area contributed by atoms with Crippen LogP contribution in [-0.2, 0) is 22.4 Å². The van der Waals surface area contributed by atoms with Crippen molar-refractivity contribution < 1.29 is 14.3 Å². The third-order valence-electron chi connectivity index (χ3n) is 5.14. The van der Waals surface area contributed by atoms with E-state index < -0.39 is 6.03 Å². The first-order valence-corrected chi connectivity index (χ1v) is 9.47. The number of pyridine rings is 2. The van der Waals surface area contributed by atoms with E-state index in [-0.39, 0.29) is 5.91 Å². The maximum atomic E-state index is 12.5. The molecule has 2 aliphatic rings. The molecule has 146 valence electrons. The first-order valence-electron chi connectivity index (χ1n) is 9.47. The maximum absolute atomic E-state index is 12.5. The fraction of sp³-hybridized carbons (Fsp3) is 0.400. The van der Waals surface area contributed by atoms with Crippen LogP contribution in [-0.4, -0.2) is 59.7 Å². The Bertz CT molecular complexity index is 895. The number of amides is 3. The van der Waals surface area contributed by atoms with Crippen molar-refractivity contribution in [1.82, 2.24) is 14.9 Å². The molecule has 1 saturated heterocycles. The maximum Gasteiger partial charge on any atom is 0.320 e. The Morgan fingerprint density at radius 1 is 1.07 bits per heavy atom. The molecular formula is C20H23N5O3. The van der Waals surface area contributed by atoms with E-state index >= 15 is 0 Å². The van der Waals surface area contributed by atoms with Gasteiger partial charge in [0.25, 0.3) is 0 Å². The van der Waals surface area contributed by atoms with E-state index in [4.69, 9.17) is 10.5 Å². The number of nitrogens with two attached hydrogens (primary N) is 1. The Balaban J connectivity index is 1.54. The number of rotatable bonds is 3. The zero-order valence-corrected chi connectivity index (χ0v) is 15.6. The van der Waals surface area contributed by atoms with Crippen LogP contribution in [0.25, 0.3) is 11.1 Å². The second kappa shape index (κ2) is 7.93. The van der Waals surface area contributed by atoms with Crippen molar-refractivity contribution in [2.75, 3.05) is 37.7 Å². The molecule has 0 aliphatic carbocycles. The van der Waals surface area contributed by atoms with Crippen LogP contribution in [0.3, 0.4) is 0 Å². The molecule has 0 bridgehead atoms. The van der Waals surface area contributed by atoms with Crippen LogP contribution in [0.4, 0.5) is 10.6 Å². The highest BCUT2D eigenvalue weighted by Crippen LogP contribution is 2.29. The molecule has 0 atom stereocenters. The fourth-order valence-electron chi connectivity index (χ4n) is 3.68. The molecule has 3 amide bonds. The second-order valence-electron chi connectivity index (χ2n) is 7.05. The van der Waals surface area contributed by atoms with Gasteiger partial charge in [-0.1, -0.05) is 0 Å². The first-order chi connectivity index (χ1) is 13.6. The molecular weight excluding hydrogens is 358 g/mol. The van der Waals surface area contributed by atoms with Gasteiger partial charge in [-0.15, -0.1) is 0 Å². The smallest absolute Gasteiger partial charge is 0.320 e. The lowest BCUT2D eigenvalue weighted by Gasteiger charge is -2.27. The van der Waals surface area contributed by atoms with Crippen LogP contribution in [0, 0.1) is 0 Å². The van der Waals surface area contributed by atoms with E-state index in [0.717, 1.165) is 35.1 Å². The van der Waals surface area contributed by atoms with Crippen molar-refractivity contribution in [3.8, 4) is 11.1 Å². The molecule has 2 aromatic rings. The minimum atomic E-state index is -0.480. The van der Waals surface area contributed by atoms with Gasteiger partial charge in [0, 0.05) is 49.4 Å². The summed E-state index contributed by atoms with van der Waals surface area (Å²) in [5, 5.41) is 0. The summed E-state index contributed by atoms with van der Waals surface area (Å²) in [6.45, 7) is 3.05. The Hall–Kier alpha value is -3.00. The lowest BCUT2D eigenvalue weighted by molar-refractivity contribution is -0.134. The second-order valence-corrected chi connectivity index (χ2v) is 7.05. The monoisotopic (exact) mass is 381 g/mol. The van der Waals surface area contributed by atoms with E-state index in [1.165, 1.54) is 4.90 Å². The van der Waals surface area contributed by atoms with E-state index in [0.29, 0.717) is 45.1 Å². The number of carbonyl (C=O) groups is 2. The molecule has 2 aromatic heterocycles.